The molecule has 0 amide bonds. The second kappa shape index (κ2) is 8.63. The Morgan fingerprint density at radius 3 is 2.55 bits per heavy atom. The summed E-state index contributed by atoms with van der Waals surface area (Å²) in [6.45, 7) is 0. The van der Waals surface area contributed by atoms with Crippen molar-refractivity contribution in [2.24, 2.45) is 4.99 Å². The number of aliphatic imine (C=N–C) groups is 1. The topological polar surface area (TPSA) is 136 Å². The Balaban J connectivity index is 1.58. The summed E-state index contributed by atoms with van der Waals surface area (Å²) >= 11 is 0. The van der Waals surface area contributed by atoms with Crippen LogP contribution in [0.5, 0.6) is 0 Å². The molecule has 31 heavy (non-hydrogen) atoms. The maximum absolute atomic E-state index is 12.5. The van der Waals surface area contributed by atoms with Crippen LogP contribution in [0.3, 0.4) is 0 Å². The number of fused-ring (bicyclic) bond motifs is 1. The molecule has 0 radical (unpaired) electrons. The van der Waals surface area contributed by atoms with Gasteiger partial charge in [0.25, 0.3) is 5.69 Å². The molecule has 160 valence electrons. The highest BCUT2D eigenvalue weighted by Crippen LogP contribution is 2.28. The molecule has 0 aliphatic heterocycles. The lowest BCUT2D eigenvalue weighted by Crippen LogP contribution is -2.21. The number of carbonyl (C=O) groups excluding carboxylic acids is 2. The number of aryl methyl sites for hydroxylation is 2. The number of hydrogen-bond acceptors (Lipinski definition) is 8. The van der Waals surface area contributed by atoms with E-state index >= 15 is 0 Å². The van der Waals surface area contributed by atoms with Crippen LogP contribution in [0.15, 0.2) is 45.1 Å². The van der Waals surface area contributed by atoms with E-state index in [2.05, 4.69) is 10.1 Å². The highest BCUT2D eigenvalue weighted by atomic mass is 16.6. The van der Waals surface area contributed by atoms with Crippen LogP contribution in [-0.2, 0) is 17.6 Å². The quantitative estimate of drug-likeness (QED) is 0.326. The van der Waals surface area contributed by atoms with Crippen molar-refractivity contribution < 1.29 is 24.1 Å². The van der Waals surface area contributed by atoms with Crippen molar-refractivity contribution in [3.8, 4) is 0 Å². The molecule has 2 aromatic rings. The third kappa shape index (κ3) is 4.30. The van der Waals surface area contributed by atoms with Gasteiger partial charge >= 0.3 is 0 Å². The van der Waals surface area contributed by atoms with Crippen LogP contribution < -0.4 is 0 Å². The Bertz CT molecular complexity index is 1110. The van der Waals surface area contributed by atoms with E-state index in [1.807, 2.05) is 0 Å². The van der Waals surface area contributed by atoms with Gasteiger partial charge in [0.15, 0.2) is 11.6 Å². The molecule has 0 saturated heterocycles. The maximum atomic E-state index is 12.5. The molecule has 1 fully saturated rings. The minimum atomic E-state index is -0.494. The third-order valence-corrected chi connectivity index (χ3v) is 5.52. The lowest BCUT2D eigenvalue weighted by molar-refractivity contribution is -0.384. The van der Waals surface area contributed by atoms with E-state index in [0.29, 0.717) is 60.5 Å². The summed E-state index contributed by atoms with van der Waals surface area (Å²) in [4.78, 5) is 39.5. The van der Waals surface area contributed by atoms with Crippen molar-refractivity contribution in [3.05, 3.63) is 62.7 Å². The van der Waals surface area contributed by atoms with E-state index in [9.17, 15) is 24.8 Å². The predicted molar refractivity (Wildman–Crippen MR) is 111 cm³/mol. The van der Waals surface area contributed by atoms with E-state index in [4.69, 9.17) is 4.52 Å². The first kappa shape index (κ1) is 20.6. The Kier molecular flexibility index (Phi) is 5.75. The number of carbonyl (C=O) groups is 2. The van der Waals surface area contributed by atoms with Crippen molar-refractivity contribution >= 4 is 28.7 Å². The molecular weight excluding hydrogens is 402 g/mol. The number of non-ortho nitro benzene ring substituents is 1. The standard InChI is InChI=1S/C22H21N3O6/c26-17-4-1-3-15(23-13-7-9-14(10-8-13)25(29)30)21(17)19(28)12-11-16-22-18(27)5-2-6-20(22)31-24-16/h7-10,28H,1-6,11-12H2/b21-19+,23-15?. The lowest BCUT2D eigenvalue weighted by Gasteiger charge is -2.18. The molecule has 1 aromatic carbocycles. The smallest absolute Gasteiger partial charge is 0.269 e. The van der Waals surface area contributed by atoms with Crippen molar-refractivity contribution in [1.29, 1.82) is 0 Å². The Labute approximate surface area is 177 Å². The van der Waals surface area contributed by atoms with Gasteiger partial charge in [-0.1, -0.05) is 5.16 Å². The third-order valence-electron chi connectivity index (χ3n) is 5.52. The van der Waals surface area contributed by atoms with Crippen molar-refractivity contribution in [2.45, 2.75) is 51.4 Å². The Hall–Kier alpha value is -3.62. The summed E-state index contributed by atoms with van der Waals surface area (Å²) in [7, 11) is 0. The van der Waals surface area contributed by atoms with Crippen LogP contribution in [-0.4, -0.2) is 32.5 Å². The SMILES string of the molecule is O=C1CCCC(=Nc2ccc([N+](=O)[O-])cc2)/C1=C(\O)CCc1noc2c1C(=O)CCC2. The maximum Gasteiger partial charge on any atom is 0.269 e. The van der Waals surface area contributed by atoms with Gasteiger partial charge in [-0.3, -0.25) is 24.7 Å². The molecule has 1 heterocycles. The molecule has 4 rings (SSSR count). The number of hydrogen-bond donors (Lipinski definition) is 1. The number of aliphatic hydroxyl groups excluding tert-OH is 1. The van der Waals surface area contributed by atoms with Crippen LogP contribution in [0.1, 0.15) is 60.3 Å². The van der Waals surface area contributed by atoms with Crippen molar-refractivity contribution in [2.75, 3.05) is 0 Å². The first-order valence-corrected chi connectivity index (χ1v) is 10.2. The zero-order chi connectivity index (χ0) is 22.0. The van der Waals surface area contributed by atoms with Crippen molar-refractivity contribution in [1.82, 2.24) is 5.16 Å². The molecule has 0 spiro atoms. The van der Waals surface area contributed by atoms with Crippen LogP contribution in [0, 0.1) is 10.1 Å². The van der Waals surface area contributed by atoms with Gasteiger partial charge in [0.05, 0.1) is 33.2 Å². The normalized spacial score (nSPS) is 19.4. The van der Waals surface area contributed by atoms with Gasteiger partial charge in [0.1, 0.15) is 11.5 Å². The molecule has 2 aliphatic rings. The molecule has 1 saturated carbocycles. The second-order valence-electron chi connectivity index (χ2n) is 7.63. The number of rotatable bonds is 5. The molecular formula is C22H21N3O6. The van der Waals surface area contributed by atoms with Gasteiger partial charge in [-0.15, -0.1) is 0 Å². The van der Waals surface area contributed by atoms with Gasteiger partial charge in [-0.25, -0.2) is 0 Å². The zero-order valence-electron chi connectivity index (χ0n) is 16.8. The van der Waals surface area contributed by atoms with Crippen LogP contribution in [0.2, 0.25) is 0 Å². The number of allylic oxidation sites excluding steroid dienone is 2. The molecule has 9 heteroatoms. The summed E-state index contributed by atoms with van der Waals surface area (Å²) in [6.07, 6.45) is 3.73. The molecule has 0 atom stereocenters. The van der Waals surface area contributed by atoms with Gasteiger partial charge < -0.3 is 9.63 Å². The first-order chi connectivity index (χ1) is 14.9. The monoisotopic (exact) mass is 423 g/mol. The summed E-state index contributed by atoms with van der Waals surface area (Å²) in [5, 5.41) is 25.5. The molecule has 9 nitrogen and oxygen atoms in total. The Morgan fingerprint density at radius 1 is 1.10 bits per heavy atom. The van der Waals surface area contributed by atoms with Crippen LogP contribution in [0.25, 0.3) is 0 Å². The van der Waals surface area contributed by atoms with Crippen LogP contribution in [0.4, 0.5) is 11.4 Å². The average molecular weight is 423 g/mol. The number of ketones is 2. The summed E-state index contributed by atoms with van der Waals surface area (Å²) in [6, 6.07) is 5.70. The molecule has 2 aliphatic carbocycles. The number of nitrogens with zero attached hydrogens (tertiary/aromatic N) is 3. The molecule has 1 aromatic heterocycles. The molecule has 1 N–H and O–H groups in total. The number of nitro benzene ring substituents is 1. The van der Waals surface area contributed by atoms with E-state index in [1.54, 1.807) is 0 Å². The summed E-state index contributed by atoms with van der Waals surface area (Å²) in [5.74, 6) is 0.305. The highest BCUT2D eigenvalue weighted by Gasteiger charge is 2.28. The van der Waals surface area contributed by atoms with E-state index in [1.165, 1.54) is 24.3 Å². The summed E-state index contributed by atoms with van der Waals surface area (Å²) in [5.41, 5.74) is 2.08. The van der Waals surface area contributed by atoms with E-state index in [0.717, 1.165) is 6.42 Å². The van der Waals surface area contributed by atoms with E-state index < -0.39 is 4.92 Å². The number of Topliss-reactive ketones (excluding diaryl/α,β-unsaturated/α-hetero) is 2. The number of nitro groups is 1. The molecule has 0 unspecified atom stereocenters. The minimum absolute atomic E-state index is 0.00110. The van der Waals surface area contributed by atoms with Gasteiger partial charge in [0, 0.05) is 44.2 Å². The minimum Gasteiger partial charge on any atom is -0.511 e. The largest absolute Gasteiger partial charge is 0.511 e. The average Bonchev–Trinajstić information content (AvgIpc) is 3.17. The summed E-state index contributed by atoms with van der Waals surface area (Å²) < 4.78 is 5.28. The Morgan fingerprint density at radius 2 is 1.81 bits per heavy atom. The van der Waals surface area contributed by atoms with Crippen molar-refractivity contribution in [3.63, 3.8) is 0 Å². The number of aromatic nitrogens is 1. The fourth-order valence-corrected chi connectivity index (χ4v) is 3.99. The first-order valence-electron chi connectivity index (χ1n) is 10.2. The zero-order valence-corrected chi connectivity index (χ0v) is 16.8. The number of aliphatic hydroxyl groups is 1. The predicted octanol–water partition coefficient (Wildman–Crippen LogP) is 4.37. The fraction of sp³-hybridized carbons (Fsp3) is 0.364. The van der Waals surface area contributed by atoms with Crippen LogP contribution >= 0.6 is 0 Å². The van der Waals surface area contributed by atoms with Gasteiger partial charge in [-0.2, -0.15) is 0 Å². The van der Waals surface area contributed by atoms with Gasteiger partial charge in [0.2, 0.25) is 0 Å². The second-order valence-corrected chi connectivity index (χ2v) is 7.63. The molecule has 0 bridgehead atoms. The van der Waals surface area contributed by atoms with Gasteiger partial charge in [-0.05, 0) is 31.4 Å². The lowest BCUT2D eigenvalue weighted by atomic mass is 9.88. The highest BCUT2D eigenvalue weighted by molar-refractivity contribution is 6.24. The number of benzene rings is 1. The fourth-order valence-electron chi connectivity index (χ4n) is 3.99. The van der Waals surface area contributed by atoms with E-state index in [-0.39, 0.29) is 41.4 Å².